The summed E-state index contributed by atoms with van der Waals surface area (Å²) in [5, 5.41) is 8.68. The fourth-order valence-electron chi connectivity index (χ4n) is 2.43. The number of likely N-dealkylation sites (tertiary alicyclic amines) is 1. The van der Waals surface area contributed by atoms with Crippen molar-refractivity contribution in [1.82, 2.24) is 9.80 Å². The molecule has 19 heavy (non-hydrogen) atoms. The Morgan fingerprint density at radius 2 is 1.95 bits per heavy atom. The average molecular weight is 282 g/mol. The number of carboxylic acid groups (broad SMARTS) is 1. The van der Waals surface area contributed by atoms with Gasteiger partial charge >= 0.3 is 12.1 Å². The van der Waals surface area contributed by atoms with Gasteiger partial charge in [0.15, 0.2) is 5.92 Å². The highest BCUT2D eigenvalue weighted by atomic mass is 19.4. The fraction of sp³-hybridized carbons (Fsp3) is 0.917. The normalized spacial score (nSPS) is 20.7. The van der Waals surface area contributed by atoms with Gasteiger partial charge in [0.25, 0.3) is 0 Å². The first-order valence-electron chi connectivity index (χ1n) is 6.47. The van der Waals surface area contributed by atoms with E-state index in [1.807, 2.05) is 6.92 Å². The summed E-state index contributed by atoms with van der Waals surface area (Å²) in [4.78, 5) is 14.5. The molecule has 112 valence electrons. The quantitative estimate of drug-likeness (QED) is 0.833. The Labute approximate surface area is 111 Å². The Morgan fingerprint density at radius 3 is 2.32 bits per heavy atom. The van der Waals surface area contributed by atoms with E-state index in [1.165, 1.54) is 0 Å². The number of alkyl halides is 3. The van der Waals surface area contributed by atoms with Crippen LogP contribution in [0.1, 0.15) is 19.8 Å². The molecule has 0 spiro atoms. The van der Waals surface area contributed by atoms with Crippen molar-refractivity contribution in [2.75, 3.05) is 33.2 Å². The highest BCUT2D eigenvalue weighted by Crippen LogP contribution is 2.28. The first-order valence-corrected chi connectivity index (χ1v) is 6.47. The molecule has 0 aromatic rings. The molecule has 0 saturated carbocycles. The summed E-state index contributed by atoms with van der Waals surface area (Å²) in [7, 11) is 1.58. The highest BCUT2D eigenvalue weighted by Gasteiger charge is 2.46. The summed E-state index contributed by atoms with van der Waals surface area (Å²) in [6.45, 7) is 4.23. The number of hydrogen-bond donors (Lipinski definition) is 1. The van der Waals surface area contributed by atoms with Crippen LogP contribution in [-0.4, -0.2) is 66.3 Å². The molecular weight excluding hydrogens is 261 g/mol. The number of halogens is 3. The van der Waals surface area contributed by atoms with E-state index in [4.69, 9.17) is 5.11 Å². The molecule has 0 radical (unpaired) electrons. The Balaban J connectivity index is 2.54. The third-order valence-corrected chi connectivity index (χ3v) is 3.79. The zero-order valence-corrected chi connectivity index (χ0v) is 11.3. The van der Waals surface area contributed by atoms with E-state index in [9.17, 15) is 18.0 Å². The highest BCUT2D eigenvalue weighted by molar-refractivity contribution is 5.71. The SMILES string of the molecule is CCN1CCC(N(C)CC(C(=O)O)C(F)(F)F)CC1. The summed E-state index contributed by atoms with van der Waals surface area (Å²) in [6.07, 6.45) is -3.12. The molecule has 1 saturated heterocycles. The smallest absolute Gasteiger partial charge is 0.403 e. The molecule has 1 aliphatic heterocycles. The number of rotatable bonds is 5. The van der Waals surface area contributed by atoms with E-state index < -0.39 is 24.6 Å². The van der Waals surface area contributed by atoms with Crippen molar-refractivity contribution >= 4 is 5.97 Å². The standard InChI is InChI=1S/C12H21F3N2O2/c1-3-17-6-4-9(5-7-17)16(2)8-10(11(18)19)12(13,14)15/h9-10H,3-8H2,1-2H3,(H,18,19). The molecular formula is C12H21F3N2O2. The number of aliphatic carboxylic acids is 1. The van der Waals surface area contributed by atoms with Gasteiger partial charge in [-0.3, -0.25) is 4.79 Å². The second-order valence-corrected chi connectivity index (χ2v) is 5.04. The molecule has 1 heterocycles. The summed E-state index contributed by atoms with van der Waals surface area (Å²) in [5.41, 5.74) is 0. The number of carbonyl (C=O) groups is 1. The number of hydrogen-bond acceptors (Lipinski definition) is 3. The first-order chi connectivity index (χ1) is 8.75. The van der Waals surface area contributed by atoms with Crippen molar-refractivity contribution in [1.29, 1.82) is 0 Å². The lowest BCUT2D eigenvalue weighted by atomic mass is 10.0. The van der Waals surface area contributed by atoms with Gasteiger partial charge in [-0.05, 0) is 39.5 Å². The minimum atomic E-state index is -4.69. The average Bonchev–Trinajstić information content (AvgIpc) is 2.34. The van der Waals surface area contributed by atoms with E-state index in [0.717, 1.165) is 32.5 Å². The number of piperidine rings is 1. The molecule has 1 unspecified atom stereocenters. The lowest BCUT2D eigenvalue weighted by molar-refractivity contribution is -0.197. The van der Waals surface area contributed by atoms with Crippen molar-refractivity contribution < 1.29 is 23.1 Å². The van der Waals surface area contributed by atoms with E-state index in [-0.39, 0.29) is 6.04 Å². The van der Waals surface area contributed by atoms with Gasteiger partial charge in [0.05, 0.1) is 0 Å². The Kier molecular flexibility index (Phi) is 5.61. The predicted molar refractivity (Wildman–Crippen MR) is 64.9 cm³/mol. The van der Waals surface area contributed by atoms with Crippen LogP contribution in [0.2, 0.25) is 0 Å². The Morgan fingerprint density at radius 1 is 1.42 bits per heavy atom. The van der Waals surface area contributed by atoms with Gasteiger partial charge in [0.2, 0.25) is 0 Å². The molecule has 1 N–H and O–H groups in total. The zero-order valence-electron chi connectivity index (χ0n) is 11.3. The molecule has 0 bridgehead atoms. The van der Waals surface area contributed by atoms with Crippen LogP contribution in [0.4, 0.5) is 13.2 Å². The van der Waals surface area contributed by atoms with Gasteiger partial charge in [-0.1, -0.05) is 6.92 Å². The second-order valence-electron chi connectivity index (χ2n) is 5.04. The molecule has 1 fully saturated rings. The van der Waals surface area contributed by atoms with Gasteiger partial charge < -0.3 is 14.9 Å². The van der Waals surface area contributed by atoms with Crippen molar-refractivity contribution in [2.24, 2.45) is 5.92 Å². The second kappa shape index (κ2) is 6.56. The molecule has 1 atom stereocenters. The molecule has 1 aliphatic rings. The Bertz CT molecular complexity index is 302. The van der Waals surface area contributed by atoms with Crippen LogP contribution in [0.25, 0.3) is 0 Å². The third-order valence-electron chi connectivity index (χ3n) is 3.79. The molecule has 0 aromatic heterocycles. The summed E-state index contributed by atoms with van der Waals surface area (Å²) >= 11 is 0. The molecule has 0 aliphatic carbocycles. The maximum Gasteiger partial charge on any atom is 0.403 e. The predicted octanol–water partition coefficient (Wildman–Crippen LogP) is 1.67. The van der Waals surface area contributed by atoms with Crippen molar-refractivity contribution in [3.8, 4) is 0 Å². The first kappa shape index (κ1) is 16.2. The fourth-order valence-corrected chi connectivity index (χ4v) is 2.43. The van der Waals surface area contributed by atoms with E-state index in [0.29, 0.717) is 0 Å². The van der Waals surface area contributed by atoms with Crippen LogP contribution in [0.15, 0.2) is 0 Å². The van der Waals surface area contributed by atoms with Crippen LogP contribution in [0, 0.1) is 5.92 Å². The summed E-state index contributed by atoms with van der Waals surface area (Å²) in [5.74, 6) is -4.10. The lowest BCUT2D eigenvalue weighted by Gasteiger charge is -2.37. The van der Waals surface area contributed by atoms with Gasteiger partial charge in [-0.25, -0.2) is 0 Å². The molecule has 1 rings (SSSR count). The van der Waals surface area contributed by atoms with Gasteiger partial charge in [0.1, 0.15) is 0 Å². The van der Waals surface area contributed by atoms with E-state index >= 15 is 0 Å². The zero-order chi connectivity index (χ0) is 14.6. The number of carboxylic acids is 1. The molecule has 4 nitrogen and oxygen atoms in total. The van der Waals surface area contributed by atoms with Crippen LogP contribution in [-0.2, 0) is 4.79 Å². The third kappa shape index (κ3) is 4.65. The van der Waals surface area contributed by atoms with Gasteiger partial charge in [0, 0.05) is 12.6 Å². The number of nitrogens with zero attached hydrogens (tertiary/aromatic N) is 2. The van der Waals surface area contributed by atoms with E-state index in [1.54, 1.807) is 11.9 Å². The van der Waals surface area contributed by atoms with Crippen LogP contribution >= 0.6 is 0 Å². The Hall–Kier alpha value is -0.820. The maximum absolute atomic E-state index is 12.6. The minimum absolute atomic E-state index is 0.0343. The molecule has 7 heteroatoms. The van der Waals surface area contributed by atoms with Crippen LogP contribution in [0.5, 0.6) is 0 Å². The lowest BCUT2D eigenvalue weighted by Crippen LogP contribution is -2.47. The van der Waals surface area contributed by atoms with Gasteiger partial charge in [-0.2, -0.15) is 13.2 Å². The minimum Gasteiger partial charge on any atom is -0.481 e. The summed E-state index contributed by atoms with van der Waals surface area (Å²) in [6, 6.07) is 0.0343. The molecule has 0 aromatic carbocycles. The molecule has 0 amide bonds. The maximum atomic E-state index is 12.6. The topological polar surface area (TPSA) is 43.8 Å². The monoisotopic (exact) mass is 282 g/mol. The van der Waals surface area contributed by atoms with Crippen molar-refractivity contribution in [3.05, 3.63) is 0 Å². The largest absolute Gasteiger partial charge is 0.481 e. The van der Waals surface area contributed by atoms with Crippen molar-refractivity contribution in [2.45, 2.75) is 32.0 Å². The van der Waals surface area contributed by atoms with Crippen molar-refractivity contribution in [3.63, 3.8) is 0 Å². The summed E-state index contributed by atoms with van der Waals surface area (Å²) < 4.78 is 37.8. The van der Waals surface area contributed by atoms with Crippen LogP contribution < -0.4 is 0 Å². The van der Waals surface area contributed by atoms with Gasteiger partial charge in [-0.15, -0.1) is 0 Å². The van der Waals surface area contributed by atoms with E-state index in [2.05, 4.69) is 4.90 Å². The van der Waals surface area contributed by atoms with Crippen LogP contribution in [0.3, 0.4) is 0 Å².